The van der Waals surface area contributed by atoms with Gasteiger partial charge in [-0.2, -0.15) is 0 Å². The monoisotopic (exact) mass is 519 g/mol. The lowest BCUT2D eigenvalue weighted by Crippen LogP contribution is -2.56. The molecule has 0 aromatic heterocycles. The largest absolute Gasteiger partial charge is 0.573 e. The number of rotatable bonds is 9. The Morgan fingerprint density at radius 1 is 1.05 bits per heavy atom. The lowest BCUT2D eigenvalue weighted by Gasteiger charge is -2.40. The predicted octanol–water partition coefficient (Wildman–Crippen LogP) is 4.99. The van der Waals surface area contributed by atoms with E-state index in [1.54, 1.807) is 6.07 Å². The lowest BCUT2D eigenvalue weighted by molar-refractivity contribution is -0.274. The number of para-hydroxylation sites is 2. The molecule has 4 rings (SSSR count). The maximum absolute atomic E-state index is 13.9. The second-order valence-electron chi connectivity index (χ2n) is 9.91. The minimum atomic E-state index is -4.86. The van der Waals surface area contributed by atoms with Crippen molar-refractivity contribution in [1.29, 1.82) is 0 Å². The van der Waals surface area contributed by atoms with Gasteiger partial charge in [0.15, 0.2) is 5.75 Å². The van der Waals surface area contributed by atoms with Crippen molar-refractivity contribution >= 4 is 11.6 Å². The van der Waals surface area contributed by atoms with Gasteiger partial charge in [0.2, 0.25) is 0 Å². The summed E-state index contributed by atoms with van der Waals surface area (Å²) >= 11 is 0. The van der Waals surface area contributed by atoms with Gasteiger partial charge in [-0.3, -0.25) is 9.69 Å². The number of carbonyl (C=O) groups excluding carboxylic acids is 1. The van der Waals surface area contributed by atoms with Crippen molar-refractivity contribution in [3.8, 4) is 5.75 Å². The molecular weight excluding hydrogens is 483 g/mol. The van der Waals surface area contributed by atoms with Gasteiger partial charge in [-0.1, -0.05) is 42.5 Å². The summed E-state index contributed by atoms with van der Waals surface area (Å²) < 4.78 is 49.6. The van der Waals surface area contributed by atoms with E-state index in [0.717, 1.165) is 32.5 Å². The first-order chi connectivity index (χ1) is 17.8. The first-order valence-corrected chi connectivity index (χ1v) is 13.0. The van der Waals surface area contributed by atoms with Crippen LogP contribution in [-0.2, 0) is 16.1 Å². The third kappa shape index (κ3) is 7.24. The Kier molecular flexibility index (Phi) is 9.10. The zero-order valence-corrected chi connectivity index (χ0v) is 21.3. The summed E-state index contributed by atoms with van der Waals surface area (Å²) in [4.78, 5) is 17.8. The molecule has 2 fully saturated rings. The van der Waals surface area contributed by atoms with E-state index < -0.39 is 12.0 Å². The van der Waals surface area contributed by atoms with E-state index in [1.165, 1.54) is 35.8 Å². The summed E-state index contributed by atoms with van der Waals surface area (Å²) in [6, 6.07) is 16.2. The van der Waals surface area contributed by atoms with Crippen molar-refractivity contribution in [3.63, 3.8) is 0 Å². The van der Waals surface area contributed by atoms with Crippen molar-refractivity contribution < 1.29 is 27.4 Å². The summed E-state index contributed by atoms with van der Waals surface area (Å²) in [6.45, 7) is 4.33. The van der Waals surface area contributed by atoms with Gasteiger partial charge in [0.1, 0.15) is 5.60 Å². The van der Waals surface area contributed by atoms with Crippen LogP contribution < -0.4 is 15.0 Å². The second kappa shape index (κ2) is 12.3. The Balaban J connectivity index is 1.48. The van der Waals surface area contributed by atoms with Crippen LogP contribution in [0.2, 0.25) is 0 Å². The second-order valence-corrected chi connectivity index (χ2v) is 9.91. The third-order valence-electron chi connectivity index (χ3n) is 7.54. The van der Waals surface area contributed by atoms with Crippen LogP contribution in [0.15, 0.2) is 54.6 Å². The number of likely N-dealkylation sites (tertiary alicyclic amines) is 1. The van der Waals surface area contributed by atoms with Crippen molar-refractivity contribution in [2.45, 2.75) is 50.6 Å². The number of methoxy groups -OCH3 is 1. The molecule has 0 spiro atoms. The Labute approximate surface area is 216 Å². The molecule has 2 aromatic rings. The molecule has 2 saturated heterocycles. The quantitative estimate of drug-likeness (QED) is 0.506. The van der Waals surface area contributed by atoms with E-state index in [0.29, 0.717) is 44.8 Å². The van der Waals surface area contributed by atoms with Crippen LogP contribution in [0.5, 0.6) is 5.75 Å². The van der Waals surface area contributed by atoms with E-state index in [1.807, 2.05) is 18.2 Å². The zero-order chi connectivity index (χ0) is 26.3. The van der Waals surface area contributed by atoms with Crippen LogP contribution in [0.1, 0.15) is 37.7 Å². The topological polar surface area (TPSA) is 54.0 Å². The molecule has 9 heteroatoms. The van der Waals surface area contributed by atoms with E-state index in [9.17, 15) is 18.0 Å². The number of anilines is 1. The predicted molar refractivity (Wildman–Crippen MR) is 136 cm³/mol. The van der Waals surface area contributed by atoms with Gasteiger partial charge >= 0.3 is 6.36 Å². The number of halogens is 3. The Bertz CT molecular complexity index is 1000. The number of hydrogen-bond acceptors (Lipinski definition) is 5. The molecule has 37 heavy (non-hydrogen) atoms. The first kappa shape index (κ1) is 27.4. The Hall–Kier alpha value is -2.62. The molecule has 202 valence electrons. The number of nitrogens with one attached hydrogen (secondary N) is 1. The summed E-state index contributed by atoms with van der Waals surface area (Å²) in [5.74, 6) is -0.304. The van der Waals surface area contributed by atoms with Crippen LogP contribution in [0.4, 0.5) is 18.9 Å². The van der Waals surface area contributed by atoms with E-state index in [-0.39, 0.29) is 17.3 Å². The molecule has 0 bridgehead atoms. The van der Waals surface area contributed by atoms with Crippen molar-refractivity contribution in [2.75, 3.05) is 44.7 Å². The summed E-state index contributed by atoms with van der Waals surface area (Å²) in [5, 5.41) is 3.23. The van der Waals surface area contributed by atoms with Gasteiger partial charge in [-0.15, -0.1) is 13.2 Å². The zero-order valence-electron chi connectivity index (χ0n) is 21.3. The van der Waals surface area contributed by atoms with E-state index in [2.05, 4.69) is 27.1 Å². The molecule has 2 aromatic carbocycles. The molecule has 0 unspecified atom stereocenters. The fraction of sp³-hybridized carbons (Fsp3) is 0.536. The number of ether oxygens (including phenoxy) is 2. The fourth-order valence-corrected chi connectivity index (χ4v) is 5.39. The maximum Gasteiger partial charge on any atom is 0.573 e. The van der Waals surface area contributed by atoms with Crippen LogP contribution >= 0.6 is 0 Å². The smallest absolute Gasteiger partial charge is 0.404 e. The molecule has 0 radical (unpaired) electrons. The molecular formula is C28H36F3N3O3. The number of carbonyl (C=O) groups is 1. The number of nitrogens with zero attached hydrogens (tertiary/aromatic N) is 2. The van der Waals surface area contributed by atoms with Gasteiger partial charge < -0.3 is 19.7 Å². The molecule has 0 saturated carbocycles. The number of hydrogen-bond donors (Lipinski definition) is 1. The van der Waals surface area contributed by atoms with Crippen molar-refractivity contribution in [2.24, 2.45) is 5.92 Å². The molecule has 0 aliphatic carbocycles. The summed E-state index contributed by atoms with van der Waals surface area (Å²) in [6.07, 6.45) is -1.28. The minimum absolute atomic E-state index is 0.126. The average Bonchev–Trinajstić information content (AvgIpc) is 2.90. The normalized spacial score (nSPS) is 18.9. The van der Waals surface area contributed by atoms with Crippen molar-refractivity contribution in [1.82, 2.24) is 10.2 Å². The molecule has 2 aliphatic rings. The van der Waals surface area contributed by atoms with Gasteiger partial charge in [0.25, 0.3) is 5.91 Å². The fourth-order valence-electron chi connectivity index (χ4n) is 5.39. The highest BCUT2D eigenvalue weighted by atomic mass is 19.4. The standard InChI is InChI=1S/C28H36F3N3O3/c1-36-27(14-16-32-17-15-27)26(35)34(24-9-5-6-10-25(24)37-28(29,30)31)20-13-22-11-18-33(19-12-22)21-23-7-3-2-4-8-23/h2-10,22,32H,11-21H2,1H3. The number of piperidine rings is 2. The van der Waals surface area contributed by atoms with E-state index in [4.69, 9.17) is 4.74 Å². The summed E-state index contributed by atoms with van der Waals surface area (Å²) in [7, 11) is 1.50. The molecule has 0 atom stereocenters. The van der Waals surface area contributed by atoms with Gasteiger partial charge in [-0.05, 0) is 81.9 Å². The van der Waals surface area contributed by atoms with E-state index >= 15 is 0 Å². The van der Waals surface area contributed by atoms with Gasteiger partial charge in [0.05, 0.1) is 5.69 Å². The number of alkyl halides is 3. The van der Waals surface area contributed by atoms with Gasteiger partial charge in [-0.25, -0.2) is 0 Å². The average molecular weight is 520 g/mol. The third-order valence-corrected chi connectivity index (χ3v) is 7.54. The minimum Gasteiger partial charge on any atom is -0.404 e. The highest BCUT2D eigenvalue weighted by Gasteiger charge is 2.44. The van der Waals surface area contributed by atoms with Gasteiger partial charge in [0, 0.05) is 20.2 Å². The molecule has 2 heterocycles. The van der Waals surface area contributed by atoms with Crippen LogP contribution in [0, 0.1) is 5.92 Å². The lowest BCUT2D eigenvalue weighted by atomic mass is 9.89. The van der Waals surface area contributed by atoms with Crippen molar-refractivity contribution in [3.05, 3.63) is 60.2 Å². The Morgan fingerprint density at radius 2 is 1.70 bits per heavy atom. The number of benzene rings is 2. The molecule has 1 N–H and O–H groups in total. The molecule has 1 amide bonds. The number of amides is 1. The van der Waals surface area contributed by atoms with Crippen LogP contribution in [-0.4, -0.2) is 62.6 Å². The van der Waals surface area contributed by atoms with Crippen LogP contribution in [0.3, 0.4) is 0 Å². The Morgan fingerprint density at radius 3 is 2.35 bits per heavy atom. The first-order valence-electron chi connectivity index (χ1n) is 13.0. The van der Waals surface area contributed by atoms with Crippen LogP contribution in [0.25, 0.3) is 0 Å². The molecule has 2 aliphatic heterocycles. The highest BCUT2D eigenvalue weighted by Crippen LogP contribution is 2.37. The SMILES string of the molecule is COC1(C(=O)N(CCC2CCN(Cc3ccccc3)CC2)c2ccccc2OC(F)(F)F)CCNCC1. The summed E-state index contributed by atoms with van der Waals surface area (Å²) in [5.41, 5.74) is 0.336. The highest BCUT2D eigenvalue weighted by molar-refractivity contribution is 6.00. The molecule has 6 nitrogen and oxygen atoms in total. The maximum atomic E-state index is 13.9.